The minimum absolute atomic E-state index is 0.133. The molecule has 0 radical (unpaired) electrons. The zero-order valence-electron chi connectivity index (χ0n) is 21.6. The molecule has 2 aliphatic rings. The van der Waals surface area contributed by atoms with Crippen molar-refractivity contribution in [1.29, 1.82) is 0 Å². The number of nitrogens with one attached hydrogen (secondary N) is 1. The number of carbonyl (C=O) groups excluding carboxylic acids is 1. The normalized spacial score (nSPS) is 23.1. The minimum atomic E-state index is -0.491. The van der Waals surface area contributed by atoms with Gasteiger partial charge in [-0.15, -0.1) is 13.1 Å². The van der Waals surface area contributed by atoms with Crippen LogP contribution < -0.4 is 0 Å². The Morgan fingerprint density at radius 3 is 2.32 bits per heavy atom. The van der Waals surface area contributed by atoms with Gasteiger partial charge in [0.1, 0.15) is 17.6 Å². The van der Waals surface area contributed by atoms with Crippen molar-refractivity contribution in [3.63, 3.8) is 0 Å². The number of aromatic nitrogens is 3. The van der Waals surface area contributed by atoms with Crippen molar-refractivity contribution in [2.75, 3.05) is 26.3 Å². The molecule has 201 valence electrons. The molecule has 1 aliphatic carbocycles. The molecule has 1 saturated heterocycles. The molecule has 10 heteroatoms. The zero-order chi connectivity index (χ0) is 26.9. The van der Waals surface area contributed by atoms with Gasteiger partial charge in [0, 0.05) is 18.8 Å². The van der Waals surface area contributed by atoms with Gasteiger partial charge in [0.15, 0.2) is 0 Å². The van der Waals surface area contributed by atoms with Crippen molar-refractivity contribution in [3.05, 3.63) is 58.3 Å². The van der Waals surface area contributed by atoms with Crippen LogP contribution in [0.15, 0.2) is 24.3 Å². The van der Waals surface area contributed by atoms with E-state index < -0.39 is 5.97 Å². The van der Waals surface area contributed by atoms with Crippen LogP contribution >= 0.6 is 0 Å². The SMILES string of the molecule is C1COCC[N-]1.[C-]#[N+]c1[c-]n2[nH]c(-c3ccc(C)cc3)nc2c1C(=O)OC1C(C)CC(C)CC1C.[O]=[Co]. The van der Waals surface area contributed by atoms with E-state index in [2.05, 4.69) is 62.9 Å². The van der Waals surface area contributed by atoms with Crippen LogP contribution in [0.1, 0.15) is 49.5 Å². The molecule has 2 atom stereocenters. The predicted molar refractivity (Wildman–Crippen MR) is 135 cm³/mol. The summed E-state index contributed by atoms with van der Waals surface area (Å²) >= 11 is 2.31. The van der Waals surface area contributed by atoms with Crippen LogP contribution in [0, 0.1) is 37.4 Å². The summed E-state index contributed by atoms with van der Waals surface area (Å²) in [5.41, 5.74) is 2.75. The second kappa shape index (κ2) is 13.6. The number of H-pyrrole nitrogens is 1. The molecule has 2 aromatic heterocycles. The molecule has 0 spiro atoms. The Labute approximate surface area is 225 Å². The molecule has 5 rings (SSSR count). The third-order valence-corrected chi connectivity index (χ3v) is 6.67. The third-order valence-electron chi connectivity index (χ3n) is 6.67. The summed E-state index contributed by atoms with van der Waals surface area (Å²) in [6, 6.07) is 7.94. The van der Waals surface area contributed by atoms with Crippen molar-refractivity contribution in [3.8, 4) is 11.4 Å². The molecule has 2 fully saturated rings. The van der Waals surface area contributed by atoms with Crippen molar-refractivity contribution in [1.82, 2.24) is 14.6 Å². The van der Waals surface area contributed by atoms with E-state index in [1.807, 2.05) is 31.2 Å². The first kappa shape index (κ1) is 28.7. The van der Waals surface area contributed by atoms with Gasteiger partial charge < -0.3 is 24.4 Å². The first-order valence-corrected chi connectivity index (χ1v) is 12.8. The fraction of sp³-hybridized carbons (Fsp3) is 0.519. The van der Waals surface area contributed by atoms with E-state index in [1.54, 1.807) is 0 Å². The number of fused-ring (bicyclic) bond motifs is 1. The van der Waals surface area contributed by atoms with Gasteiger partial charge in [-0.1, -0.05) is 56.8 Å². The molecule has 3 aromatic rings. The summed E-state index contributed by atoms with van der Waals surface area (Å²) in [6.45, 7) is 19.4. The van der Waals surface area contributed by atoms with Gasteiger partial charge in [0.2, 0.25) is 0 Å². The Morgan fingerprint density at radius 2 is 1.81 bits per heavy atom. The number of benzene rings is 1. The fourth-order valence-corrected chi connectivity index (χ4v) is 5.05. The van der Waals surface area contributed by atoms with Gasteiger partial charge >= 0.3 is 19.5 Å². The van der Waals surface area contributed by atoms with Crippen LogP contribution in [-0.4, -0.2) is 53.0 Å². The molecular formula is C27H33CoN5O4-2. The van der Waals surface area contributed by atoms with E-state index in [9.17, 15) is 4.79 Å². The average molecular weight is 551 g/mol. The first-order chi connectivity index (χ1) is 17.9. The van der Waals surface area contributed by atoms with Gasteiger partial charge in [-0.2, -0.15) is 0 Å². The van der Waals surface area contributed by atoms with Gasteiger partial charge in [0.25, 0.3) is 5.97 Å². The van der Waals surface area contributed by atoms with Crippen molar-refractivity contribution >= 4 is 17.3 Å². The molecule has 1 aromatic carbocycles. The molecular weight excluding hydrogens is 517 g/mol. The summed E-state index contributed by atoms with van der Waals surface area (Å²) in [7, 11) is 0. The van der Waals surface area contributed by atoms with Crippen molar-refractivity contribution < 1.29 is 33.8 Å². The van der Waals surface area contributed by atoms with E-state index >= 15 is 0 Å². The van der Waals surface area contributed by atoms with Crippen LogP contribution in [0.4, 0.5) is 5.69 Å². The summed E-state index contributed by atoms with van der Waals surface area (Å²) in [4.78, 5) is 21.1. The van der Waals surface area contributed by atoms with Crippen LogP contribution in [0.3, 0.4) is 0 Å². The Hall–Kier alpha value is -2.84. The first-order valence-electron chi connectivity index (χ1n) is 12.4. The van der Waals surface area contributed by atoms with E-state index in [-0.39, 0.29) is 17.4 Å². The molecule has 0 bridgehead atoms. The molecule has 37 heavy (non-hydrogen) atoms. The Balaban J connectivity index is 0.000000412. The quantitative estimate of drug-likeness (QED) is 0.343. The molecule has 3 heterocycles. The third kappa shape index (κ3) is 7.14. The molecule has 9 nitrogen and oxygen atoms in total. The Morgan fingerprint density at radius 1 is 1.19 bits per heavy atom. The van der Waals surface area contributed by atoms with Gasteiger partial charge in [0.05, 0.1) is 6.57 Å². The second-order valence-corrected chi connectivity index (χ2v) is 9.73. The van der Waals surface area contributed by atoms with Crippen LogP contribution in [0.2, 0.25) is 0 Å². The van der Waals surface area contributed by atoms with Crippen molar-refractivity contribution in [2.24, 2.45) is 17.8 Å². The standard InChI is InChI=1S/C23H25N4O2.C4H8NO.Co.O/c1-13-6-8-17(9-7-13)21-25-22-19(18(24-5)12-27(22)26-21)23(28)29-20-15(3)10-14(2)11-16(20)4;1-3-6-4-2-5-1;;/h6-9,14-16,20H,10-11H2,1-4H3,(H,25,26);1-4H2;;/q2*-1;;. The van der Waals surface area contributed by atoms with Crippen molar-refractivity contribution in [2.45, 2.75) is 46.6 Å². The number of aromatic amines is 1. The monoisotopic (exact) mass is 550 g/mol. The Bertz CT molecular complexity index is 1190. The van der Waals surface area contributed by atoms with Gasteiger partial charge in [-0.05, 0) is 48.7 Å². The predicted octanol–water partition coefficient (Wildman–Crippen LogP) is 5.49. The number of carbonyl (C=O) groups is 1. The van der Waals surface area contributed by atoms with Crippen LogP contribution in [0.5, 0.6) is 0 Å². The number of ether oxygens (including phenoxy) is 2. The summed E-state index contributed by atoms with van der Waals surface area (Å²) in [6.07, 6.45) is 4.83. The summed E-state index contributed by atoms with van der Waals surface area (Å²) in [5, 5.41) is 7.16. The number of morpholine rings is 1. The molecule has 1 saturated carbocycles. The van der Waals surface area contributed by atoms with E-state index in [0.29, 0.717) is 29.2 Å². The maximum absolute atomic E-state index is 13.1. The number of hydrogen-bond donors (Lipinski definition) is 1. The number of rotatable bonds is 3. The summed E-state index contributed by atoms with van der Waals surface area (Å²) in [5.74, 6) is 1.34. The van der Waals surface area contributed by atoms with E-state index in [0.717, 1.165) is 50.3 Å². The molecule has 0 amide bonds. The van der Waals surface area contributed by atoms with E-state index in [4.69, 9.17) is 19.9 Å². The Kier molecular flexibility index (Phi) is 10.6. The fourth-order valence-electron chi connectivity index (χ4n) is 5.05. The second-order valence-electron chi connectivity index (χ2n) is 9.73. The number of aryl methyl sites for hydroxylation is 1. The van der Waals surface area contributed by atoms with Crippen LogP contribution in [-0.2, 0) is 29.0 Å². The number of hydrogen-bond acceptors (Lipinski definition) is 5. The maximum atomic E-state index is 13.1. The summed E-state index contributed by atoms with van der Waals surface area (Å²) < 4.78 is 20.3. The molecule has 2 unspecified atom stereocenters. The van der Waals surface area contributed by atoms with Gasteiger partial charge in [-0.3, -0.25) is 14.6 Å². The molecule has 1 N–H and O–H groups in total. The zero-order valence-corrected chi connectivity index (χ0v) is 22.7. The average Bonchev–Trinajstić information content (AvgIpc) is 3.47. The number of nitrogens with zero attached hydrogens (tertiary/aromatic N) is 4. The number of esters is 1. The molecule has 1 aliphatic heterocycles. The topological polar surface area (TPSA) is 104 Å². The van der Waals surface area contributed by atoms with E-state index in [1.165, 1.54) is 4.52 Å². The van der Waals surface area contributed by atoms with Crippen LogP contribution in [0.25, 0.3) is 27.2 Å². The van der Waals surface area contributed by atoms with Gasteiger partial charge in [-0.25, -0.2) is 0 Å².